The van der Waals surface area contributed by atoms with Gasteiger partial charge in [0.05, 0.1) is 5.56 Å². The van der Waals surface area contributed by atoms with Crippen LogP contribution < -0.4 is 10.2 Å². The van der Waals surface area contributed by atoms with E-state index in [-0.39, 0.29) is 5.91 Å². The lowest BCUT2D eigenvalue weighted by Gasteiger charge is -2.24. The van der Waals surface area contributed by atoms with Gasteiger partial charge in [0.2, 0.25) is 0 Å². The minimum atomic E-state index is -0.102. The van der Waals surface area contributed by atoms with Gasteiger partial charge >= 0.3 is 0 Å². The van der Waals surface area contributed by atoms with Crippen molar-refractivity contribution >= 4 is 17.4 Å². The quantitative estimate of drug-likeness (QED) is 0.653. The minimum absolute atomic E-state index is 0.102. The zero-order valence-corrected chi connectivity index (χ0v) is 16.4. The number of pyridine rings is 1. The smallest absolute Gasteiger partial charge is 0.252 e. The monoisotopic (exact) mass is 374 g/mol. The lowest BCUT2D eigenvalue weighted by molar-refractivity contribution is 0.0950. The number of carbonyl (C=O) groups excluding carboxylic acids is 1. The summed E-state index contributed by atoms with van der Waals surface area (Å²) < 4.78 is 0. The number of anilines is 2. The highest BCUT2D eigenvalue weighted by Crippen LogP contribution is 2.25. The third-order valence-corrected chi connectivity index (χ3v) is 4.38. The molecule has 0 saturated heterocycles. The van der Waals surface area contributed by atoms with Crippen molar-refractivity contribution in [1.29, 1.82) is 0 Å². The number of amides is 1. The molecular formula is C23H26N4O. The van der Waals surface area contributed by atoms with E-state index in [1.807, 2.05) is 67.5 Å². The molecule has 5 nitrogen and oxygen atoms in total. The number of hydrogen-bond donors (Lipinski definition) is 1. The largest absolute Gasteiger partial charge is 0.351 e. The first-order chi connectivity index (χ1) is 13.6. The van der Waals surface area contributed by atoms with Crippen molar-refractivity contribution in [2.24, 2.45) is 0 Å². The summed E-state index contributed by atoms with van der Waals surface area (Å²) >= 11 is 0. The molecule has 0 spiro atoms. The molecule has 2 aromatic carbocycles. The first kappa shape index (κ1) is 19.6. The highest BCUT2D eigenvalue weighted by atomic mass is 16.1. The summed E-state index contributed by atoms with van der Waals surface area (Å²) in [4.78, 5) is 21.0. The van der Waals surface area contributed by atoms with Gasteiger partial charge in [-0.05, 0) is 43.9 Å². The van der Waals surface area contributed by atoms with Gasteiger partial charge in [0.15, 0.2) is 0 Å². The van der Waals surface area contributed by atoms with E-state index in [1.165, 1.54) is 5.56 Å². The Bertz CT molecular complexity index is 864. The zero-order chi connectivity index (χ0) is 19.8. The van der Waals surface area contributed by atoms with E-state index in [4.69, 9.17) is 0 Å². The van der Waals surface area contributed by atoms with Crippen molar-refractivity contribution in [3.8, 4) is 0 Å². The molecule has 0 aliphatic heterocycles. The van der Waals surface area contributed by atoms with Gasteiger partial charge in [-0.25, -0.2) is 4.98 Å². The number of hydrogen-bond acceptors (Lipinski definition) is 4. The molecule has 1 aromatic heterocycles. The van der Waals surface area contributed by atoms with E-state index < -0.39 is 0 Å². The van der Waals surface area contributed by atoms with Crippen molar-refractivity contribution in [3.63, 3.8) is 0 Å². The second kappa shape index (κ2) is 9.67. The van der Waals surface area contributed by atoms with Crippen LogP contribution in [0.5, 0.6) is 0 Å². The summed E-state index contributed by atoms with van der Waals surface area (Å²) in [6.45, 7) is 2.11. The second-order valence-corrected chi connectivity index (χ2v) is 6.87. The van der Waals surface area contributed by atoms with Crippen LogP contribution in [0.25, 0.3) is 0 Å². The van der Waals surface area contributed by atoms with Gasteiger partial charge in [0.25, 0.3) is 5.91 Å². The molecule has 0 radical (unpaired) electrons. The number of likely N-dealkylation sites (N-methyl/N-ethyl adjacent to an activating group) is 1. The van der Waals surface area contributed by atoms with Crippen molar-refractivity contribution in [2.45, 2.75) is 6.54 Å². The fraction of sp³-hybridized carbons (Fsp3) is 0.217. The molecular weight excluding hydrogens is 348 g/mol. The molecule has 0 aliphatic rings. The molecule has 5 heteroatoms. The molecule has 144 valence electrons. The average molecular weight is 374 g/mol. The molecule has 0 fully saturated rings. The Labute approximate surface area is 166 Å². The van der Waals surface area contributed by atoms with Gasteiger partial charge in [0.1, 0.15) is 5.82 Å². The van der Waals surface area contributed by atoms with Crippen molar-refractivity contribution in [1.82, 2.24) is 15.2 Å². The normalized spacial score (nSPS) is 10.7. The first-order valence-corrected chi connectivity index (χ1v) is 9.39. The topological polar surface area (TPSA) is 48.5 Å². The number of aromatic nitrogens is 1. The fourth-order valence-corrected chi connectivity index (χ4v) is 2.85. The number of para-hydroxylation sites is 1. The minimum Gasteiger partial charge on any atom is -0.351 e. The van der Waals surface area contributed by atoms with Crippen molar-refractivity contribution in [3.05, 3.63) is 90.1 Å². The van der Waals surface area contributed by atoms with E-state index in [0.717, 1.165) is 18.1 Å². The maximum atomic E-state index is 12.3. The number of rotatable bonds is 8. The number of nitrogens with zero attached hydrogens (tertiary/aromatic N) is 3. The highest BCUT2D eigenvalue weighted by molar-refractivity contribution is 5.94. The Balaban J connectivity index is 1.78. The van der Waals surface area contributed by atoms with E-state index in [1.54, 1.807) is 6.20 Å². The Morgan fingerprint density at radius 3 is 2.21 bits per heavy atom. The Morgan fingerprint density at radius 1 is 0.929 bits per heavy atom. The van der Waals surface area contributed by atoms with Crippen LogP contribution in [-0.4, -0.2) is 43.0 Å². The SMILES string of the molecule is CN(C)CCNC(=O)c1ccc(N(Cc2ccccc2)c2ccccc2)nc1. The van der Waals surface area contributed by atoms with Crippen LogP contribution >= 0.6 is 0 Å². The van der Waals surface area contributed by atoms with Gasteiger partial charge in [-0.3, -0.25) is 4.79 Å². The molecule has 1 amide bonds. The third kappa shape index (κ3) is 5.41. The Hall–Kier alpha value is -3.18. The van der Waals surface area contributed by atoms with Gasteiger partial charge in [0, 0.05) is 31.5 Å². The van der Waals surface area contributed by atoms with Crippen molar-refractivity contribution in [2.75, 3.05) is 32.1 Å². The van der Waals surface area contributed by atoms with Gasteiger partial charge in [-0.1, -0.05) is 48.5 Å². The number of nitrogens with one attached hydrogen (secondary N) is 1. The van der Waals surface area contributed by atoms with Crippen molar-refractivity contribution < 1.29 is 4.79 Å². The van der Waals surface area contributed by atoms with Crippen LogP contribution in [0.3, 0.4) is 0 Å². The van der Waals surface area contributed by atoms with Crippen LogP contribution in [-0.2, 0) is 6.54 Å². The van der Waals surface area contributed by atoms with Gasteiger partial charge in [-0.15, -0.1) is 0 Å². The Kier molecular flexibility index (Phi) is 6.76. The van der Waals surface area contributed by atoms with E-state index in [9.17, 15) is 4.79 Å². The standard InChI is InChI=1S/C23H26N4O/c1-26(2)16-15-24-23(28)20-13-14-22(25-17-20)27(21-11-7-4-8-12-21)18-19-9-5-3-6-10-19/h3-14,17H,15-16,18H2,1-2H3,(H,24,28). The van der Waals surface area contributed by atoms with Crippen LogP contribution in [0.4, 0.5) is 11.5 Å². The molecule has 1 heterocycles. The molecule has 0 atom stereocenters. The van der Waals surface area contributed by atoms with Gasteiger partial charge < -0.3 is 15.1 Å². The fourth-order valence-electron chi connectivity index (χ4n) is 2.85. The lowest BCUT2D eigenvalue weighted by Crippen LogP contribution is -2.31. The summed E-state index contributed by atoms with van der Waals surface area (Å²) in [6, 6.07) is 24.2. The summed E-state index contributed by atoms with van der Waals surface area (Å²) in [6.07, 6.45) is 1.64. The maximum Gasteiger partial charge on any atom is 0.252 e. The first-order valence-electron chi connectivity index (χ1n) is 9.39. The molecule has 0 aliphatic carbocycles. The summed E-state index contributed by atoms with van der Waals surface area (Å²) in [5.74, 6) is 0.704. The molecule has 28 heavy (non-hydrogen) atoms. The summed E-state index contributed by atoms with van der Waals surface area (Å²) in [7, 11) is 3.96. The predicted molar refractivity (Wildman–Crippen MR) is 114 cm³/mol. The summed E-state index contributed by atoms with van der Waals surface area (Å²) in [5, 5.41) is 2.92. The molecule has 0 unspecified atom stereocenters. The van der Waals surface area contributed by atoms with E-state index >= 15 is 0 Å². The number of carbonyl (C=O) groups is 1. The Morgan fingerprint density at radius 2 is 1.61 bits per heavy atom. The summed E-state index contributed by atoms with van der Waals surface area (Å²) in [5.41, 5.74) is 2.82. The van der Waals surface area contributed by atoms with Gasteiger partial charge in [-0.2, -0.15) is 0 Å². The highest BCUT2D eigenvalue weighted by Gasteiger charge is 2.13. The van der Waals surface area contributed by atoms with Crippen LogP contribution in [0.1, 0.15) is 15.9 Å². The molecule has 3 rings (SSSR count). The van der Waals surface area contributed by atoms with Crippen LogP contribution in [0.15, 0.2) is 79.0 Å². The molecule has 3 aromatic rings. The molecule has 0 bridgehead atoms. The lowest BCUT2D eigenvalue weighted by atomic mass is 10.2. The number of benzene rings is 2. The second-order valence-electron chi connectivity index (χ2n) is 6.87. The zero-order valence-electron chi connectivity index (χ0n) is 16.4. The average Bonchev–Trinajstić information content (AvgIpc) is 2.73. The predicted octanol–water partition coefficient (Wildman–Crippen LogP) is 3.71. The van der Waals surface area contributed by atoms with Crippen LogP contribution in [0.2, 0.25) is 0 Å². The molecule has 1 N–H and O–H groups in total. The van der Waals surface area contributed by atoms with E-state index in [2.05, 4.69) is 39.5 Å². The third-order valence-electron chi connectivity index (χ3n) is 4.38. The van der Waals surface area contributed by atoms with E-state index in [0.29, 0.717) is 18.7 Å². The van der Waals surface area contributed by atoms with Crippen LogP contribution in [0, 0.1) is 0 Å². The maximum absolute atomic E-state index is 12.3. The molecule has 0 saturated carbocycles.